The Bertz CT molecular complexity index is 832. The van der Waals surface area contributed by atoms with Crippen molar-refractivity contribution in [3.05, 3.63) is 64.7 Å². The third-order valence-electron chi connectivity index (χ3n) is 4.84. The predicted molar refractivity (Wildman–Crippen MR) is 123 cm³/mol. The zero-order chi connectivity index (χ0) is 21.8. The first-order chi connectivity index (χ1) is 14.6. The number of guanidine groups is 1. The molecule has 162 valence electrons. The molecule has 0 aliphatic carbocycles. The van der Waals surface area contributed by atoms with Crippen LogP contribution in [0.3, 0.4) is 0 Å². The zero-order valence-corrected chi connectivity index (χ0v) is 18.5. The van der Waals surface area contributed by atoms with Gasteiger partial charge in [-0.1, -0.05) is 43.2 Å². The number of unbranched alkanes of at least 4 members (excludes halogenated alkanes) is 1. The predicted octanol–water partition coefficient (Wildman–Crippen LogP) is 3.44. The first kappa shape index (κ1) is 23.3. The molecule has 0 atom stereocenters. The largest absolute Gasteiger partial charge is 0.496 e. The van der Waals surface area contributed by atoms with Crippen LogP contribution in [0.2, 0.25) is 0 Å². The maximum absolute atomic E-state index is 12.1. The van der Waals surface area contributed by atoms with Crippen LogP contribution in [-0.4, -0.2) is 39.1 Å². The number of ether oxygens (including phenoxy) is 1. The Morgan fingerprint density at radius 3 is 2.47 bits per heavy atom. The van der Waals surface area contributed by atoms with E-state index >= 15 is 0 Å². The second-order valence-corrected chi connectivity index (χ2v) is 7.22. The molecule has 1 amide bonds. The van der Waals surface area contributed by atoms with Crippen molar-refractivity contribution in [2.75, 3.05) is 27.2 Å². The van der Waals surface area contributed by atoms with Crippen LogP contribution in [0.15, 0.2) is 47.5 Å². The van der Waals surface area contributed by atoms with Crippen LogP contribution in [0.4, 0.5) is 0 Å². The lowest BCUT2D eigenvalue weighted by atomic mass is 10.1. The summed E-state index contributed by atoms with van der Waals surface area (Å²) < 4.78 is 5.44. The summed E-state index contributed by atoms with van der Waals surface area (Å²) in [7, 11) is 3.45. The molecule has 2 aromatic rings. The van der Waals surface area contributed by atoms with Crippen molar-refractivity contribution in [3.63, 3.8) is 0 Å². The van der Waals surface area contributed by atoms with Gasteiger partial charge in [0.15, 0.2) is 5.96 Å². The molecule has 0 saturated carbocycles. The minimum absolute atomic E-state index is 0.0213. The number of carbonyl (C=O) groups is 1. The molecule has 30 heavy (non-hydrogen) atoms. The SMILES string of the molecule is CCCCNC(=O)c1ccc(CNC(=NC)NCCc2cc(C)ccc2OC)cc1. The van der Waals surface area contributed by atoms with Crippen molar-refractivity contribution in [2.24, 2.45) is 4.99 Å². The fraction of sp³-hybridized carbons (Fsp3) is 0.417. The highest BCUT2D eigenvalue weighted by atomic mass is 16.5. The second kappa shape index (κ2) is 12.5. The van der Waals surface area contributed by atoms with Gasteiger partial charge in [-0.05, 0) is 49.1 Å². The van der Waals surface area contributed by atoms with E-state index in [-0.39, 0.29) is 5.91 Å². The van der Waals surface area contributed by atoms with Crippen molar-refractivity contribution in [2.45, 2.75) is 39.7 Å². The number of hydrogen-bond acceptors (Lipinski definition) is 3. The first-order valence-electron chi connectivity index (χ1n) is 10.5. The maximum Gasteiger partial charge on any atom is 0.251 e. The van der Waals surface area contributed by atoms with Crippen LogP contribution in [0, 0.1) is 6.92 Å². The van der Waals surface area contributed by atoms with Gasteiger partial charge in [0.25, 0.3) is 5.91 Å². The van der Waals surface area contributed by atoms with Gasteiger partial charge in [0.2, 0.25) is 0 Å². The van der Waals surface area contributed by atoms with Gasteiger partial charge in [0, 0.05) is 32.2 Å². The van der Waals surface area contributed by atoms with E-state index < -0.39 is 0 Å². The highest BCUT2D eigenvalue weighted by Gasteiger charge is 2.06. The van der Waals surface area contributed by atoms with Gasteiger partial charge in [-0.3, -0.25) is 9.79 Å². The molecule has 0 radical (unpaired) electrons. The molecular weight excluding hydrogens is 376 g/mol. The fourth-order valence-corrected chi connectivity index (χ4v) is 3.08. The van der Waals surface area contributed by atoms with Crippen molar-refractivity contribution in [1.82, 2.24) is 16.0 Å². The Kier molecular flexibility index (Phi) is 9.71. The van der Waals surface area contributed by atoms with Gasteiger partial charge >= 0.3 is 0 Å². The summed E-state index contributed by atoms with van der Waals surface area (Å²) >= 11 is 0. The van der Waals surface area contributed by atoms with Crippen LogP contribution in [0.25, 0.3) is 0 Å². The molecule has 2 aromatic carbocycles. The van der Waals surface area contributed by atoms with Crippen LogP contribution < -0.4 is 20.7 Å². The van der Waals surface area contributed by atoms with Crippen LogP contribution in [-0.2, 0) is 13.0 Å². The summed E-state index contributed by atoms with van der Waals surface area (Å²) in [4.78, 5) is 16.4. The number of benzene rings is 2. The monoisotopic (exact) mass is 410 g/mol. The number of hydrogen-bond donors (Lipinski definition) is 3. The number of nitrogens with one attached hydrogen (secondary N) is 3. The minimum atomic E-state index is -0.0213. The quantitative estimate of drug-likeness (QED) is 0.319. The Balaban J connectivity index is 1.80. The summed E-state index contributed by atoms with van der Waals surface area (Å²) in [5.74, 6) is 1.62. The lowest BCUT2D eigenvalue weighted by Crippen LogP contribution is -2.37. The maximum atomic E-state index is 12.1. The van der Waals surface area contributed by atoms with Crippen molar-refractivity contribution in [3.8, 4) is 5.75 Å². The molecule has 0 heterocycles. The summed E-state index contributed by atoms with van der Waals surface area (Å²) in [6.45, 7) is 6.28. The molecule has 2 rings (SSSR count). The number of aliphatic imine (C=N–C) groups is 1. The molecule has 0 unspecified atom stereocenters. The molecule has 0 fully saturated rings. The van der Waals surface area contributed by atoms with E-state index in [1.165, 1.54) is 11.1 Å². The van der Waals surface area contributed by atoms with E-state index in [1.807, 2.05) is 30.3 Å². The van der Waals surface area contributed by atoms with Crippen molar-refractivity contribution in [1.29, 1.82) is 0 Å². The van der Waals surface area contributed by atoms with Crippen LogP contribution in [0.5, 0.6) is 5.75 Å². The summed E-state index contributed by atoms with van der Waals surface area (Å²) in [6, 6.07) is 13.9. The average Bonchev–Trinajstić information content (AvgIpc) is 2.76. The number of nitrogens with zero attached hydrogens (tertiary/aromatic N) is 1. The fourth-order valence-electron chi connectivity index (χ4n) is 3.08. The number of aryl methyl sites for hydroxylation is 1. The van der Waals surface area contributed by atoms with E-state index in [0.29, 0.717) is 12.1 Å². The molecule has 0 aliphatic rings. The smallest absolute Gasteiger partial charge is 0.251 e. The Morgan fingerprint density at radius 1 is 1.03 bits per heavy atom. The minimum Gasteiger partial charge on any atom is -0.496 e. The molecule has 6 heteroatoms. The topological polar surface area (TPSA) is 74.8 Å². The van der Waals surface area contributed by atoms with Gasteiger partial charge in [-0.2, -0.15) is 0 Å². The van der Waals surface area contributed by atoms with E-state index in [0.717, 1.165) is 49.6 Å². The van der Waals surface area contributed by atoms with Gasteiger partial charge in [0.05, 0.1) is 7.11 Å². The number of carbonyl (C=O) groups excluding carboxylic acids is 1. The van der Waals surface area contributed by atoms with Crippen LogP contribution >= 0.6 is 0 Å². The first-order valence-corrected chi connectivity index (χ1v) is 10.5. The molecule has 0 spiro atoms. The molecule has 0 aromatic heterocycles. The third-order valence-corrected chi connectivity index (χ3v) is 4.84. The molecular formula is C24H34N4O2. The van der Waals surface area contributed by atoms with Gasteiger partial charge in [-0.15, -0.1) is 0 Å². The van der Waals surface area contributed by atoms with E-state index in [2.05, 4.69) is 46.9 Å². The van der Waals surface area contributed by atoms with E-state index in [9.17, 15) is 4.79 Å². The summed E-state index contributed by atoms with van der Waals surface area (Å²) in [5.41, 5.74) is 4.16. The zero-order valence-electron chi connectivity index (χ0n) is 18.5. The standard InChI is InChI=1S/C24H34N4O2/c1-5-6-14-26-23(29)20-10-8-19(9-11-20)17-28-24(25-3)27-15-13-21-16-18(2)7-12-22(21)30-4/h7-12,16H,5-6,13-15,17H2,1-4H3,(H,26,29)(H2,25,27,28). The Hall–Kier alpha value is -3.02. The molecule has 6 nitrogen and oxygen atoms in total. The molecule has 0 bridgehead atoms. The summed E-state index contributed by atoms with van der Waals surface area (Å²) in [5, 5.41) is 9.58. The second-order valence-electron chi connectivity index (χ2n) is 7.22. The van der Waals surface area contributed by atoms with E-state index in [1.54, 1.807) is 14.2 Å². The van der Waals surface area contributed by atoms with Gasteiger partial charge in [0.1, 0.15) is 5.75 Å². The Labute approximate surface area is 180 Å². The van der Waals surface area contributed by atoms with Crippen molar-refractivity contribution < 1.29 is 9.53 Å². The number of rotatable bonds is 10. The van der Waals surface area contributed by atoms with Crippen LogP contribution in [0.1, 0.15) is 46.8 Å². The lowest BCUT2D eigenvalue weighted by Gasteiger charge is -2.14. The number of amides is 1. The number of methoxy groups -OCH3 is 1. The highest BCUT2D eigenvalue weighted by molar-refractivity contribution is 5.94. The summed E-state index contributed by atoms with van der Waals surface area (Å²) in [6.07, 6.45) is 2.91. The van der Waals surface area contributed by atoms with E-state index in [4.69, 9.17) is 4.74 Å². The Morgan fingerprint density at radius 2 is 1.80 bits per heavy atom. The highest BCUT2D eigenvalue weighted by Crippen LogP contribution is 2.19. The van der Waals surface area contributed by atoms with Crippen molar-refractivity contribution >= 4 is 11.9 Å². The lowest BCUT2D eigenvalue weighted by molar-refractivity contribution is 0.0953. The third kappa shape index (κ3) is 7.43. The average molecular weight is 411 g/mol. The van der Waals surface area contributed by atoms with Gasteiger partial charge < -0.3 is 20.7 Å². The van der Waals surface area contributed by atoms with Gasteiger partial charge in [-0.25, -0.2) is 0 Å². The molecule has 3 N–H and O–H groups in total. The molecule has 0 aliphatic heterocycles. The molecule has 0 saturated heterocycles. The normalized spacial score (nSPS) is 11.1.